The van der Waals surface area contributed by atoms with Crippen LogP contribution in [0.25, 0.3) is 0 Å². The van der Waals surface area contributed by atoms with E-state index in [1.807, 2.05) is 23.1 Å². The van der Waals surface area contributed by atoms with E-state index in [1.54, 1.807) is 0 Å². The SMILES string of the molecule is c1cnn(CCNC2CCC3(CC2)OCCO3)c1. The number of aromatic nitrogens is 2. The first-order valence-electron chi connectivity index (χ1n) is 6.85. The minimum absolute atomic E-state index is 0.236. The monoisotopic (exact) mass is 251 g/mol. The first-order chi connectivity index (χ1) is 8.86. The van der Waals surface area contributed by atoms with Gasteiger partial charge in [0.2, 0.25) is 0 Å². The van der Waals surface area contributed by atoms with Crippen molar-refractivity contribution in [2.24, 2.45) is 0 Å². The minimum Gasteiger partial charge on any atom is -0.348 e. The topological polar surface area (TPSA) is 48.3 Å². The molecule has 1 aliphatic heterocycles. The summed E-state index contributed by atoms with van der Waals surface area (Å²) in [7, 11) is 0. The van der Waals surface area contributed by atoms with Crippen LogP contribution >= 0.6 is 0 Å². The molecule has 3 rings (SSSR count). The van der Waals surface area contributed by atoms with Gasteiger partial charge in [-0.25, -0.2) is 0 Å². The molecule has 2 heterocycles. The maximum atomic E-state index is 5.73. The summed E-state index contributed by atoms with van der Waals surface area (Å²) in [6.45, 7) is 3.43. The average molecular weight is 251 g/mol. The molecule has 2 aliphatic rings. The van der Waals surface area contributed by atoms with Gasteiger partial charge in [0.05, 0.1) is 19.8 Å². The second kappa shape index (κ2) is 5.38. The Morgan fingerprint density at radius 3 is 2.72 bits per heavy atom. The third kappa shape index (κ3) is 2.74. The van der Waals surface area contributed by atoms with Gasteiger partial charge in [0.25, 0.3) is 0 Å². The third-order valence-corrected chi connectivity index (χ3v) is 3.89. The van der Waals surface area contributed by atoms with Crippen molar-refractivity contribution in [3.8, 4) is 0 Å². The molecule has 5 nitrogen and oxygen atoms in total. The van der Waals surface area contributed by atoms with Crippen LogP contribution in [0.2, 0.25) is 0 Å². The lowest BCUT2D eigenvalue weighted by molar-refractivity contribution is -0.179. The molecule has 1 aromatic heterocycles. The molecule has 5 heteroatoms. The van der Waals surface area contributed by atoms with E-state index < -0.39 is 0 Å². The first-order valence-corrected chi connectivity index (χ1v) is 6.85. The molecule has 18 heavy (non-hydrogen) atoms. The summed E-state index contributed by atoms with van der Waals surface area (Å²) in [6.07, 6.45) is 8.13. The fourth-order valence-corrected chi connectivity index (χ4v) is 2.86. The Hall–Kier alpha value is -0.910. The second-order valence-corrected chi connectivity index (χ2v) is 5.11. The molecule has 0 aromatic carbocycles. The highest BCUT2D eigenvalue weighted by molar-refractivity contribution is 4.85. The van der Waals surface area contributed by atoms with Crippen molar-refractivity contribution in [3.05, 3.63) is 18.5 Å². The molecule has 100 valence electrons. The van der Waals surface area contributed by atoms with Gasteiger partial charge < -0.3 is 14.8 Å². The lowest BCUT2D eigenvalue weighted by Gasteiger charge is -2.35. The molecular weight excluding hydrogens is 230 g/mol. The molecule has 0 atom stereocenters. The maximum Gasteiger partial charge on any atom is 0.168 e. The van der Waals surface area contributed by atoms with Gasteiger partial charge in [-0.3, -0.25) is 4.68 Å². The zero-order valence-electron chi connectivity index (χ0n) is 10.7. The van der Waals surface area contributed by atoms with Gasteiger partial charge in [-0.05, 0) is 18.9 Å². The largest absolute Gasteiger partial charge is 0.348 e. The highest BCUT2D eigenvalue weighted by atomic mass is 16.7. The van der Waals surface area contributed by atoms with Crippen LogP contribution in [0.4, 0.5) is 0 Å². The van der Waals surface area contributed by atoms with Gasteiger partial charge in [-0.2, -0.15) is 5.10 Å². The van der Waals surface area contributed by atoms with Crippen molar-refractivity contribution in [3.63, 3.8) is 0 Å². The van der Waals surface area contributed by atoms with E-state index in [4.69, 9.17) is 9.47 Å². The minimum atomic E-state index is -0.236. The normalized spacial score (nSPS) is 23.8. The van der Waals surface area contributed by atoms with Gasteiger partial charge in [0.15, 0.2) is 5.79 Å². The first kappa shape index (κ1) is 12.1. The lowest BCUT2D eigenvalue weighted by atomic mass is 9.90. The van der Waals surface area contributed by atoms with Gasteiger partial charge in [-0.1, -0.05) is 0 Å². The van der Waals surface area contributed by atoms with E-state index >= 15 is 0 Å². The zero-order valence-corrected chi connectivity index (χ0v) is 10.7. The molecule has 0 bridgehead atoms. The van der Waals surface area contributed by atoms with Crippen LogP contribution in [0.5, 0.6) is 0 Å². The van der Waals surface area contributed by atoms with Crippen LogP contribution in [-0.4, -0.2) is 41.4 Å². The zero-order chi connectivity index (χ0) is 12.3. The Kier molecular flexibility index (Phi) is 3.63. The second-order valence-electron chi connectivity index (χ2n) is 5.11. The number of nitrogens with one attached hydrogen (secondary N) is 1. The predicted octanol–water partition coefficient (Wildman–Crippen LogP) is 1.16. The molecule has 1 aromatic rings. The fraction of sp³-hybridized carbons (Fsp3) is 0.769. The summed E-state index contributed by atoms with van der Waals surface area (Å²) >= 11 is 0. The van der Waals surface area contributed by atoms with E-state index in [0.717, 1.165) is 52.0 Å². The van der Waals surface area contributed by atoms with E-state index in [-0.39, 0.29) is 5.79 Å². The maximum absolute atomic E-state index is 5.73. The van der Waals surface area contributed by atoms with Crippen molar-refractivity contribution in [2.75, 3.05) is 19.8 Å². The van der Waals surface area contributed by atoms with E-state index in [0.29, 0.717) is 6.04 Å². The van der Waals surface area contributed by atoms with Crippen LogP contribution in [0.3, 0.4) is 0 Å². The van der Waals surface area contributed by atoms with Crippen molar-refractivity contribution in [1.29, 1.82) is 0 Å². The summed E-state index contributed by atoms with van der Waals surface area (Å²) < 4.78 is 13.4. The van der Waals surface area contributed by atoms with Crippen LogP contribution in [-0.2, 0) is 16.0 Å². The number of rotatable bonds is 4. The van der Waals surface area contributed by atoms with Gasteiger partial charge in [-0.15, -0.1) is 0 Å². The molecule has 1 saturated heterocycles. The number of hydrogen-bond donors (Lipinski definition) is 1. The third-order valence-electron chi connectivity index (χ3n) is 3.89. The molecule has 0 amide bonds. The molecule has 0 unspecified atom stereocenters. The Morgan fingerprint density at radius 2 is 2.06 bits per heavy atom. The molecule has 1 N–H and O–H groups in total. The van der Waals surface area contributed by atoms with E-state index in [1.165, 1.54) is 0 Å². The van der Waals surface area contributed by atoms with Crippen molar-refractivity contribution >= 4 is 0 Å². The average Bonchev–Trinajstić information content (AvgIpc) is 3.04. The molecule has 1 saturated carbocycles. The van der Waals surface area contributed by atoms with Crippen molar-refractivity contribution in [2.45, 2.75) is 44.1 Å². The van der Waals surface area contributed by atoms with Gasteiger partial charge in [0, 0.05) is 37.8 Å². The molecule has 1 aliphatic carbocycles. The Labute approximate surface area is 107 Å². The number of nitrogens with zero attached hydrogens (tertiary/aromatic N) is 2. The molecule has 1 spiro atoms. The van der Waals surface area contributed by atoms with Crippen LogP contribution < -0.4 is 5.32 Å². The number of hydrogen-bond acceptors (Lipinski definition) is 4. The molecule has 0 radical (unpaired) electrons. The Morgan fingerprint density at radius 1 is 1.28 bits per heavy atom. The van der Waals surface area contributed by atoms with E-state index in [2.05, 4.69) is 10.4 Å². The van der Waals surface area contributed by atoms with Gasteiger partial charge >= 0.3 is 0 Å². The number of ether oxygens (including phenoxy) is 2. The molecular formula is C13H21N3O2. The highest BCUT2D eigenvalue weighted by Gasteiger charge is 2.39. The van der Waals surface area contributed by atoms with Crippen LogP contribution in [0, 0.1) is 0 Å². The quantitative estimate of drug-likeness (QED) is 0.872. The van der Waals surface area contributed by atoms with E-state index in [9.17, 15) is 0 Å². The summed E-state index contributed by atoms with van der Waals surface area (Å²) in [4.78, 5) is 0. The van der Waals surface area contributed by atoms with Crippen LogP contribution in [0.15, 0.2) is 18.5 Å². The smallest absolute Gasteiger partial charge is 0.168 e. The van der Waals surface area contributed by atoms with Crippen molar-refractivity contribution < 1.29 is 9.47 Å². The van der Waals surface area contributed by atoms with Crippen molar-refractivity contribution in [1.82, 2.24) is 15.1 Å². The molecule has 2 fully saturated rings. The summed E-state index contributed by atoms with van der Waals surface area (Å²) in [5, 5.41) is 7.79. The lowest BCUT2D eigenvalue weighted by Crippen LogP contribution is -2.42. The predicted molar refractivity (Wildman–Crippen MR) is 67.1 cm³/mol. The summed E-state index contributed by atoms with van der Waals surface area (Å²) in [5.74, 6) is -0.236. The Bertz CT molecular complexity index is 350. The summed E-state index contributed by atoms with van der Waals surface area (Å²) in [6, 6.07) is 2.55. The highest BCUT2D eigenvalue weighted by Crippen LogP contribution is 2.35. The van der Waals surface area contributed by atoms with Crippen LogP contribution in [0.1, 0.15) is 25.7 Å². The van der Waals surface area contributed by atoms with Gasteiger partial charge in [0.1, 0.15) is 0 Å². The summed E-state index contributed by atoms with van der Waals surface area (Å²) in [5.41, 5.74) is 0. The Balaban J connectivity index is 1.38. The standard InChI is InChI=1S/C13H21N3O2/c1-6-15-16(8-1)9-7-14-12-2-4-13(5-3-12)17-10-11-18-13/h1,6,8,12,14H,2-5,7,9-11H2. The fourth-order valence-electron chi connectivity index (χ4n) is 2.86.